The lowest BCUT2D eigenvalue weighted by atomic mass is 9.85. The molecule has 0 aliphatic carbocycles. The van der Waals surface area contributed by atoms with Crippen LogP contribution in [0.3, 0.4) is 0 Å². The number of halogens is 4. The van der Waals surface area contributed by atoms with Gasteiger partial charge in [-0.05, 0) is 42.3 Å². The van der Waals surface area contributed by atoms with Gasteiger partial charge >= 0.3 is 6.18 Å². The summed E-state index contributed by atoms with van der Waals surface area (Å²) < 4.78 is 60.4. The van der Waals surface area contributed by atoms with E-state index in [1.54, 1.807) is 29.8 Å². The summed E-state index contributed by atoms with van der Waals surface area (Å²) in [6, 6.07) is 10.4. The van der Waals surface area contributed by atoms with E-state index in [-0.39, 0.29) is 0 Å². The molecule has 2 aromatic carbocycles. The van der Waals surface area contributed by atoms with E-state index in [1.807, 2.05) is 0 Å². The normalized spacial score (nSPS) is 23.2. The third kappa shape index (κ3) is 2.99. The average molecular weight is 377 g/mol. The van der Waals surface area contributed by atoms with Crippen LogP contribution in [0.25, 0.3) is 0 Å². The molecular formula is C19H15F4N3O. The summed E-state index contributed by atoms with van der Waals surface area (Å²) in [7, 11) is 0. The highest BCUT2D eigenvalue weighted by atomic mass is 19.4. The molecule has 1 aliphatic rings. The maximum absolute atomic E-state index is 13.3. The van der Waals surface area contributed by atoms with Crippen molar-refractivity contribution in [2.24, 2.45) is 0 Å². The molecule has 8 heteroatoms. The summed E-state index contributed by atoms with van der Waals surface area (Å²) in [6.45, 7) is 1.80. The Morgan fingerprint density at radius 2 is 1.89 bits per heavy atom. The molecule has 3 atom stereocenters. The average Bonchev–Trinajstić information content (AvgIpc) is 3.16. The zero-order chi connectivity index (χ0) is 19.2. The number of nitrogens with zero attached hydrogens (tertiary/aromatic N) is 3. The molecule has 4 rings (SSSR count). The van der Waals surface area contributed by atoms with Gasteiger partial charge in [-0.15, -0.1) is 0 Å². The highest BCUT2D eigenvalue weighted by molar-refractivity contribution is 5.40. The van der Waals surface area contributed by atoms with Gasteiger partial charge in [0.05, 0.1) is 11.6 Å². The Bertz CT molecular complexity index is 940. The van der Waals surface area contributed by atoms with Crippen LogP contribution in [0.5, 0.6) is 0 Å². The molecule has 0 bridgehead atoms. The number of alkyl halides is 3. The number of benzene rings is 2. The van der Waals surface area contributed by atoms with Crippen molar-refractivity contribution in [2.75, 3.05) is 0 Å². The van der Waals surface area contributed by atoms with Crippen molar-refractivity contribution in [3.63, 3.8) is 0 Å². The molecule has 4 nitrogen and oxygen atoms in total. The number of aromatic nitrogens is 3. The predicted octanol–water partition coefficient (Wildman–Crippen LogP) is 4.66. The summed E-state index contributed by atoms with van der Waals surface area (Å²) in [5.41, 5.74) is -0.749. The van der Waals surface area contributed by atoms with Crippen molar-refractivity contribution >= 4 is 0 Å². The van der Waals surface area contributed by atoms with Gasteiger partial charge < -0.3 is 4.74 Å². The van der Waals surface area contributed by atoms with Gasteiger partial charge in [-0.2, -0.15) is 18.3 Å². The van der Waals surface area contributed by atoms with Crippen LogP contribution in [0.4, 0.5) is 17.6 Å². The first-order chi connectivity index (χ1) is 12.8. The van der Waals surface area contributed by atoms with Crippen LogP contribution in [0, 0.1) is 5.82 Å². The molecule has 1 aromatic heterocycles. The van der Waals surface area contributed by atoms with Crippen molar-refractivity contribution in [1.29, 1.82) is 0 Å². The smallest absolute Gasteiger partial charge is 0.354 e. The van der Waals surface area contributed by atoms with Gasteiger partial charge in [0, 0.05) is 0 Å². The molecule has 140 valence electrons. The molecule has 27 heavy (non-hydrogen) atoms. The maximum Gasteiger partial charge on any atom is 0.416 e. The summed E-state index contributed by atoms with van der Waals surface area (Å²) in [5.74, 6) is -0.395. The first kappa shape index (κ1) is 17.7. The van der Waals surface area contributed by atoms with Gasteiger partial charge in [-0.3, -0.25) is 0 Å². The first-order valence-corrected chi connectivity index (χ1v) is 8.27. The van der Waals surface area contributed by atoms with Crippen LogP contribution < -0.4 is 0 Å². The Morgan fingerprint density at radius 1 is 1.15 bits per heavy atom. The SMILES string of the molecule is CC(n1cncn1)[C@@]1(c2cccc(C(F)(F)F)c2)O[C@H]1c1ccc(F)cc1. The summed E-state index contributed by atoms with van der Waals surface area (Å²) >= 11 is 0. The molecule has 0 amide bonds. The number of epoxide rings is 1. The largest absolute Gasteiger partial charge is 0.416 e. The third-order valence-corrected chi connectivity index (χ3v) is 4.91. The first-order valence-electron chi connectivity index (χ1n) is 8.27. The van der Waals surface area contributed by atoms with E-state index in [0.717, 1.165) is 12.1 Å². The second-order valence-electron chi connectivity index (χ2n) is 6.47. The monoisotopic (exact) mass is 377 g/mol. The van der Waals surface area contributed by atoms with Crippen LogP contribution in [0.1, 0.15) is 35.8 Å². The standard InChI is InChI=1S/C19H15F4N3O/c1-12(26-11-24-10-25-26)18(14-3-2-4-15(9-14)19(21,22)23)17(27-18)13-5-7-16(20)8-6-13/h2-12,17H,1H3/t12?,17-,18-/m0/s1. The lowest BCUT2D eigenvalue weighted by Gasteiger charge is -2.23. The number of hydrogen-bond donors (Lipinski definition) is 0. The number of hydrogen-bond acceptors (Lipinski definition) is 3. The van der Waals surface area contributed by atoms with Gasteiger partial charge in [-0.1, -0.05) is 24.3 Å². The van der Waals surface area contributed by atoms with Gasteiger partial charge in [0.1, 0.15) is 30.2 Å². The summed E-state index contributed by atoms with van der Waals surface area (Å²) in [4.78, 5) is 3.91. The molecule has 1 unspecified atom stereocenters. The molecule has 0 N–H and O–H groups in total. The Morgan fingerprint density at radius 3 is 2.52 bits per heavy atom. The Labute approximate surface area is 152 Å². The van der Waals surface area contributed by atoms with Gasteiger partial charge in [0.25, 0.3) is 0 Å². The fraction of sp³-hybridized carbons (Fsp3) is 0.263. The van der Waals surface area contributed by atoms with Crippen molar-refractivity contribution in [3.05, 3.63) is 83.7 Å². The van der Waals surface area contributed by atoms with Crippen molar-refractivity contribution in [1.82, 2.24) is 14.8 Å². The van der Waals surface area contributed by atoms with Crippen molar-refractivity contribution in [2.45, 2.75) is 30.8 Å². The Hall–Kier alpha value is -2.74. The van der Waals surface area contributed by atoms with E-state index in [4.69, 9.17) is 4.74 Å². The molecular weight excluding hydrogens is 362 g/mol. The van der Waals surface area contributed by atoms with Gasteiger partial charge in [-0.25, -0.2) is 14.1 Å². The zero-order valence-electron chi connectivity index (χ0n) is 14.2. The Balaban J connectivity index is 1.80. The Kier molecular flexibility index (Phi) is 4.03. The number of ether oxygens (including phenoxy) is 1. The minimum Gasteiger partial charge on any atom is -0.354 e. The molecule has 0 spiro atoms. The van der Waals surface area contributed by atoms with E-state index in [1.165, 1.54) is 30.9 Å². The predicted molar refractivity (Wildman–Crippen MR) is 88.1 cm³/mol. The van der Waals surface area contributed by atoms with Crippen LogP contribution in [0.2, 0.25) is 0 Å². The lowest BCUT2D eigenvalue weighted by Crippen LogP contribution is -2.25. The zero-order valence-corrected chi connectivity index (χ0v) is 14.2. The molecule has 1 aliphatic heterocycles. The molecule has 0 radical (unpaired) electrons. The van der Waals surface area contributed by atoms with E-state index in [2.05, 4.69) is 10.1 Å². The van der Waals surface area contributed by atoms with Crippen LogP contribution in [0.15, 0.2) is 61.2 Å². The van der Waals surface area contributed by atoms with Crippen LogP contribution in [-0.2, 0) is 16.5 Å². The summed E-state index contributed by atoms with van der Waals surface area (Å²) in [5, 5.41) is 4.10. The van der Waals surface area contributed by atoms with Gasteiger partial charge in [0.2, 0.25) is 0 Å². The van der Waals surface area contributed by atoms with E-state index in [0.29, 0.717) is 11.1 Å². The van der Waals surface area contributed by atoms with Crippen LogP contribution >= 0.6 is 0 Å². The second-order valence-corrected chi connectivity index (χ2v) is 6.47. The fourth-order valence-corrected chi connectivity index (χ4v) is 3.44. The lowest BCUT2D eigenvalue weighted by molar-refractivity contribution is -0.137. The maximum atomic E-state index is 13.3. The minimum absolute atomic E-state index is 0.384. The van der Waals surface area contributed by atoms with Crippen LogP contribution in [-0.4, -0.2) is 14.8 Å². The summed E-state index contributed by atoms with van der Waals surface area (Å²) in [6.07, 6.45) is -2.15. The highest BCUT2D eigenvalue weighted by Gasteiger charge is 2.63. The van der Waals surface area contributed by atoms with E-state index >= 15 is 0 Å². The fourth-order valence-electron chi connectivity index (χ4n) is 3.44. The van der Waals surface area contributed by atoms with E-state index < -0.39 is 35.3 Å². The highest BCUT2D eigenvalue weighted by Crippen LogP contribution is 2.63. The van der Waals surface area contributed by atoms with Gasteiger partial charge in [0.15, 0.2) is 0 Å². The topological polar surface area (TPSA) is 43.2 Å². The molecule has 0 saturated carbocycles. The van der Waals surface area contributed by atoms with E-state index in [9.17, 15) is 17.6 Å². The molecule has 1 fully saturated rings. The quantitative estimate of drug-likeness (QED) is 0.490. The molecule has 2 heterocycles. The third-order valence-electron chi connectivity index (χ3n) is 4.91. The van der Waals surface area contributed by atoms with Crippen molar-refractivity contribution in [3.8, 4) is 0 Å². The number of rotatable bonds is 4. The molecule has 1 saturated heterocycles. The minimum atomic E-state index is -4.46. The second kappa shape index (κ2) is 6.16. The van der Waals surface area contributed by atoms with Crippen molar-refractivity contribution < 1.29 is 22.3 Å². The molecule has 3 aromatic rings.